The van der Waals surface area contributed by atoms with Gasteiger partial charge in [-0.2, -0.15) is 0 Å². The van der Waals surface area contributed by atoms with Crippen molar-refractivity contribution in [2.45, 2.75) is 19.5 Å². The van der Waals surface area contributed by atoms with E-state index in [9.17, 15) is 4.79 Å². The van der Waals surface area contributed by atoms with Crippen LogP contribution in [0.25, 0.3) is 0 Å². The lowest BCUT2D eigenvalue weighted by molar-refractivity contribution is 0.191. The van der Waals surface area contributed by atoms with E-state index in [1.807, 2.05) is 24.3 Å². The molecule has 1 aromatic carbocycles. The van der Waals surface area contributed by atoms with Crippen LogP contribution in [0.3, 0.4) is 0 Å². The van der Waals surface area contributed by atoms with Gasteiger partial charge in [0.15, 0.2) is 0 Å². The van der Waals surface area contributed by atoms with Gasteiger partial charge in [0.1, 0.15) is 12.1 Å². The number of fused-ring (bicyclic) bond motifs is 1. The van der Waals surface area contributed by atoms with Crippen molar-refractivity contribution in [1.29, 1.82) is 0 Å². The van der Waals surface area contributed by atoms with Gasteiger partial charge >= 0.3 is 6.03 Å². The quantitative estimate of drug-likeness (QED) is 0.937. The van der Waals surface area contributed by atoms with Gasteiger partial charge in [0.25, 0.3) is 0 Å². The van der Waals surface area contributed by atoms with Crippen LogP contribution in [0.4, 0.5) is 4.79 Å². The van der Waals surface area contributed by atoms with Crippen LogP contribution >= 0.6 is 0 Å². The first-order chi connectivity index (χ1) is 10.8. The van der Waals surface area contributed by atoms with E-state index in [0.717, 1.165) is 29.0 Å². The molecule has 0 fully saturated rings. The molecule has 22 heavy (non-hydrogen) atoms. The topological polar surface area (TPSA) is 67.3 Å². The molecule has 3 rings (SSSR count). The van der Waals surface area contributed by atoms with Crippen molar-refractivity contribution < 1.29 is 9.53 Å². The first kappa shape index (κ1) is 14.3. The number of methoxy groups -OCH3 is 1. The van der Waals surface area contributed by atoms with Gasteiger partial charge in [0, 0.05) is 31.3 Å². The molecular formula is C16H18N4O2. The number of amides is 2. The van der Waals surface area contributed by atoms with Gasteiger partial charge in [-0.25, -0.2) is 14.8 Å². The SMILES string of the molecule is COc1ccc(CNC(=O)N2CCc3ncncc3C2)cc1. The summed E-state index contributed by atoms with van der Waals surface area (Å²) in [5.41, 5.74) is 3.09. The fourth-order valence-corrected chi connectivity index (χ4v) is 2.47. The van der Waals surface area contributed by atoms with E-state index < -0.39 is 0 Å². The van der Waals surface area contributed by atoms with E-state index in [0.29, 0.717) is 19.6 Å². The number of hydrogen-bond donors (Lipinski definition) is 1. The molecular weight excluding hydrogens is 280 g/mol. The molecule has 2 aromatic rings. The second-order valence-corrected chi connectivity index (χ2v) is 5.17. The zero-order valence-corrected chi connectivity index (χ0v) is 12.5. The summed E-state index contributed by atoms with van der Waals surface area (Å²) in [6.07, 6.45) is 4.11. The Morgan fingerprint density at radius 3 is 2.95 bits per heavy atom. The van der Waals surface area contributed by atoms with Crippen molar-refractivity contribution in [3.8, 4) is 5.75 Å². The molecule has 2 amide bonds. The Balaban J connectivity index is 1.56. The summed E-state index contributed by atoms with van der Waals surface area (Å²) in [4.78, 5) is 22.3. The third-order valence-electron chi connectivity index (χ3n) is 3.75. The zero-order valence-electron chi connectivity index (χ0n) is 12.5. The molecule has 0 bridgehead atoms. The number of carbonyl (C=O) groups excluding carboxylic acids is 1. The van der Waals surface area contributed by atoms with E-state index >= 15 is 0 Å². The lowest BCUT2D eigenvalue weighted by Crippen LogP contribution is -2.42. The molecule has 1 aliphatic heterocycles. The Hall–Kier alpha value is -2.63. The molecule has 6 heteroatoms. The summed E-state index contributed by atoms with van der Waals surface area (Å²) < 4.78 is 5.12. The van der Waals surface area contributed by atoms with Crippen LogP contribution in [0.5, 0.6) is 5.75 Å². The van der Waals surface area contributed by atoms with Crippen molar-refractivity contribution in [3.63, 3.8) is 0 Å². The van der Waals surface area contributed by atoms with Crippen LogP contribution in [0.15, 0.2) is 36.8 Å². The number of rotatable bonds is 3. The molecule has 0 spiro atoms. The molecule has 1 N–H and O–H groups in total. The van der Waals surface area contributed by atoms with E-state index in [1.54, 1.807) is 24.5 Å². The molecule has 0 radical (unpaired) electrons. The summed E-state index contributed by atoms with van der Waals surface area (Å²) in [5.74, 6) is 0.808. The Bertz CT molecular complexity index is 657. The highest BCUT2D eigenvalue weighted by Gasteiger charge is 2.21. The number of urea groups is 1. The van der Waals surface area contributed by atoms with E-state index in [-0.39, 0.29) is 6.03 Å². The highest BCUT2D eigenvalue weighted by Crippen LogP contribution is 2.15. The largest absolute Gasteiger partial charge is 0.497 e. The van der Waals surface area contributed by atoms with Crippen molar-refractivity contribution in [2.24, 2.45) is 0 Å². The molecule has 0 aliphatic carbocycles. The van der Waals surface area contributed by atoms with E-state index in [1.165, 1.54) is 0 Å². The second kappa shape index (κ2) is 6.43. The van der Waals surface area contributed by atoms with Crippen LogP contribution in [-0.4, -0.2) is 34.6 Å². The van der Waals surface area contributed by atoms with Crippen molar-refractivity contribution in [3.05, 3.63) is 53.6 Å². The molecule has 1 aromatic heterocycles. The van der Waals surface area contributed by atoms with Gasteiger partial charge in [0.2, 0.25) is 0 Å². The third-order valence-corrected chi connectivity index (χ3v) is 3.75. The second-order valence-electron chi connectivity index (χ2n) is 5.17. The van der Waals surface area contributed by atoms with Gasteiger partial charge in [-0.1, -0.05) is 12.1 Å². The van der Waals surface area contributed by atoms with E-state index in [4.69, 9.17) is 4.74 Å². The van der Waals surface area contributed by atoms with Crippen LogP contribution in [0.1, 0.15) is 16.8 Å². The number of nitrogens with zero attached hydrogens (tertiary/aromatic N) is 3. The molecule has 2 heterocycles. The Kier molecular flexibility index (Phi) is 4.18. The Labute approximate surface area is 129 Å². The predicted octanol–water partition coefficient (Wildman–Crippen LogP) is 1.75. The smallest absolute Gasteiger partial charge is 0.317 e. The number of benzene rings is 1. The fraction of sp³-hybridized carbons (Fsp3) is 0.312. The number of nitrogens with one attached hydrogen (secondary N) is 1. The normalized spacial score (nSPS) is 13.4. The lowest BCUT2D eigenvalue weighted by Gasteiger charge is -2.27. The maximum atomic E-state index is 12.3. The average Bonchev–Trinajstić information content (AvgIpc) is 2.59. The average molecular weight is 298 g/mol. The zero-order chi connectivity index (χ0) is 15.4. The fourth-order valence-electron chi connectivity index (χ4n) is 2.47. The maximum Gasteiger partial charge on any atom is 0.317 e. The minimum Gasteiger partial charge on any atom is -0.497 e. The van der Waals surface area contributed by atoms with Gasteiger partial charge < -0.3 is 15.0 Å². The summed E-state index contributed by atoms with van der Waals surface area (Å²) in [6.45, 7) is 1.74. The third kappa shape index (κ3) is 3.16. The Morgan fingerprint density at radius 1 is 1.36 bits per heavy atom. The summed E-state index contributed by atoms with van der Waals surface area (Å²) in [6, 6.07) is 7.59. The number of carbonyl (C=O) groups is 1. The molecule has 0 saturated heterocycles. The Morgan fingerprint density at radius 2 is 2.18 bits per heavy atom. The molecule has 1 aliphatic rings. The van der Waals surface area contributed by atoms with Gasteiger partial charge in [-0.15, -0.1) is 0 Å². The van der Waals surface area contributed by atoms with Crippen LogP contribution in [0, 0.1) is 0 Å². The van der Waals surface area contributed by atoms with Crippen molar-refractivity contribution in [1.82, 2.24) is 20.2 Å². The van der Waals surface area contributed by atoms with Gasteiger partial charge in [-0.05, 0) is 17.7 Å². The highest BCUT2D eigenvalue weighted by molar-refractivity contribution is 5.74. The molecule has 6 nitrogen and oxygen atoms in total. The maximum absolute atomic E-state index is 12.3. The van der Waals surface area contributed by atoms with Gasteiger partial charge in [0.05, 0.1) is 19.3 Å². The van der Waals surface area contributed by atoms with Crippen molar-refractivity contribution in [2.75, 3.05) is 13.7 Å². The minimum atomic E-state index is -0.0645. The first-order valence-electron chi connectivity index (χ1n) is 7.20. The number of hydrogen-bond acceptors (Lipinski definition) is 4. The van der Waals surface area contributed by atoms with Gasteiger partial charge in [-0.3, -0.25) is 0 Å². The van der Waals surface area contributed by atoms with E-state index in [2.05, 4.69) is 15.3 Å². The molecule has 114 valence electrons. The summed E-state index contributed by atoms with van der Waals surface area (Å²) in [7, 11) is 1.63. The predicted molar refractivity (Wildman–Crippen MR) is 81.4 cm³/mol. The van der Waals surface area contributed by atoms with Crippen LogP contribution in [-0.2, 0) is 19.5 Å². The molecule has 0 saturated carbocycles. The number of ether oxygens (including phenoxy) is 1. The lowest BCUT2D eigenvalue weighted by atomic mass is 10.1. The monoisotopic (exact) mass is 298 g/mol. The standard InChI is InChI=1S/C16H18N4O2/c1-22-14-4-2-12(3-5-14)8-18-16(21)20-7-6-15-13(10-20)9-17-11-19-15/h2-5,9,11H,6-8,10H2,1H3,(H,18,21). The molecule has 0 unspecified atom stereocenters. The minimum absolute atomic E-state index is 0.0645. The van der Waals surface area contributed by atoms with Crippen LogP contribution < -0.4 is 10.1 Å². The summed E-state index contributed by atoms with van der Waals surface area (Å²) in [5, 5.41) is 2.94. The molecule has 0 atom stereocenters. The number of aromatic nitrogens is 2. The first-order valence-corrected chi connectivity index (χ1v) is 7.20. The highest BCUT2D eigenvalue weighted by atomic mass is 16.5. The van der Waals surface area contributed by atoms with Crippen LogP contribution in [0.2, 0.25) is 0 Å². The van der Waals surface area contributed by atoms with Crippen molar-refractivity contribution >= 4 is 6.03 Å². The summed E-state index contributed by atoms with van der Waals surface area (Å²) >= 11 is 0.